The van der Waals surface area contributed by atoms with Crippen molar-refractivity contribution in [1.82, 2.24) is 9.97 Å². The number of fused-ring (bicyclic) bond motifs is 7. The highest BCUT2D eigenvalue weighted by Gasteiger charge is 2.35. The largest absolute Gasteiger partial charge is 0.228 e. The summed E-state index contributed by atoms with van der Waals surface area (Å²) in [6.45, 7) is 4.64. The summed E-state index contributed by atoms with van der Waals surface area (Å²) < 4.78 is 0. The summed E-state index contributed by atoms with van der Waals surface area (Å²) in [4.78, 5) is 10.4. The van der Waals surface area contributed by atoms with Crippen molar-refractivity contribution in [2.45, 2.75) is 19.3 Å². The molecule has 0 unspecified atom stereocenters. The zero-order valence-electron chi connectivity index (χ0n) is 31.9. The van der Waals surface area contributed by atoms with E-state index in [2.05, 4.69) is 202 Å². The molecular formula is C55H38N2. The van der Waals surface area contributed by atoms with Crippen molar-refractivity contribution >= 4 is 32.3 Å². The van der Waals surface area contributed by atoms with Crippen LogP contribution in [0, 0.1) is 0 Å². The summed E-state index contributed by atoms with van der Waals surface area (Å²) in [5.74, 6) is 0.715. The Morgan fingerprint density at radius 3 is 1.74 bits per heavy atom. The maximum Gasteiger partial charge on any atom is 0.160 e. The summed E-state index contributed by atoms with van der Waals surface area (Å²) in [7, 11) is 0. The summed E-state index contributed by atoms with van der Waals surface area (Å²) in [5, 5.41) is 7.57. The third kappa shape index (κ3) is 5.48. The van der Waals surface area contributed by atoms with Crippen LogP contribution >= 0.6 is 0 Å². The lowest BCUT2D eigenvalue weighted by Gasteiger charge is -2.21. The van der Waals surface area contributed by atoms with E-state index in [1.165, 1.54) is 65.7 Å². The molecule has 0 saturated carbocycles. The van der Waals surface area contributed by atoms with Gasteiger partial charge in [-0.25, -0.2) is 9.97 Å². The molecule has 0 atom stereocenters. The second kappa shape index (κ2) is 13.0. The molecular weight excluding hydrogens is 689 g/mol. The predicted molar refractivity (Wildman–Crippen MR) is 239 cm³/mol. The molecule has 268 valence electrons. The van der Waals surface area contributed by atoms with Crippen LogP contribution < -0.4 is 0 Å². The van der Waals surface area contributed by atoms with Crippen molar-refractivity contribution in [3.8, 4) is 67.3 Å². The molecule has 0 fully saturated rings. The average Bonchev–Trinajstić information content (AvgIpc) is 3.51. The van der Waals surface area contributed by atoms with E-state index < -0.39 is 0 Å². The van der Waals surface area contributed by atoms with Crippen LogP contribution in [0.15, 0.2) is 194 Å². The highest BCUT2D eigenvalue weighted by atomic mass is 14.9. The van der Waals surface area contributed by atoms with Gasteiger partial charge in [0, 0.05) is 22.1 Å². The van der Waals surface area contributed by atoms with Gasteiger partial charge in [-0.05, 0) is 107 Å². The Labute approximate surface area is 332 Å². The second-order valence-electron chi connectivity index (χ2n) is 15.8. The molecule has 0 aliphatic heterocycles. The van der Waals surface area contributed by atoms with Gasteiger partial charge in [-0.3, -0.25) is 0 Å². The lowest BCUT2D eigenvalue weighted by molar-refractivity contribution is 0.660. The summed E-state index contributed by atoms with van der Waals surface area (Å²) in [6.07, 6.45) is 0. The molecule has 57 heavy (non-hydrogen) atoms. The quantitative estimate of drug-likeness (QED) is 0.130. The van der Waals surface area contributed by atoms with Crippen molar-refractivity contribution in [3.63, 3.8) is 0 Å². The smallest absolute Gasteiger partial charge is 0.160 e. The van der Waals surface area contributed by atoms with Crippen molar-refractivity contribution in [1.29, 1.82) is 0 Å². The van der Waals surface area contributed by atoms with Crippen LogP contribution in [0.25, 0.3) is 99.6 Å². The van der Waals surface area contributed by atoms with Gasteiger partial charge in [0.2, 0.25) is 0 Å². The van der Waals surface area contributed by atoms with Gasteiger partial charge >= 0.3 is 0 Å². The molecule has 0 spiro atoms. The van der Waals surface area contributed by atoms with E-state index >= 15 is 0 Å². The van der Waals surface area contributed by atoms with E-state index in [0.717, 1.165) is 39.2 Å². The minimum Gasteiger partial charge on any atom is -0.228 e. The fourth-order valence-corrected chi connectivity index (χ4v) is 9.18. The van der Waals surface area contributed by atoms with Crippen molar-refractivity contribution in [3.05, 3.63) is 205 Å². The highest BCUT2D eigenvalue weighted by Crippen LogP contribution is 2.49. The van der Waals surface area contributed by atoms with Gasteiger partial charge in [-0.1, -0.05) is 178 Å². The van der Waals surface area contributed by atoms with Crippen LogP contribution in [0.5, 0.6) is 0 Å². The van der Waals surface area contributed by atoms with E-state index in [0.29, 0.717) is 5.82 Å². The standard InChI is InChI=1S/C55H38N2/c1-55(2)49-25-11-10-24-45(49)48-33-41(27-29-50(48)55)52-34-51(56-54(57-52)36-15-4-3-5-16-36)40-20-12-18-37(30-40)38-19-13-21-42(31-38)53-44-23-9-7-17-39(44)32-47-43-22-8-6-14-35(43)26-28-46(47)53/h3-34H,1-2H3. The maximum atomic E-state index is 5.21. The van der Waals surface area contributed by atoms with Gasteiger partial charge in [0.05, 0.1) is 11.4 Å². The summed E-state index contributed by atoms with van der Waals surface area (Å²) in [6, 6.07) is 70.3. The lowest BCUT2D eigenvalue weighted by atomic mass is 9.82. The van der Waals surface area contributed by atoms with E-state index in [-0.39, 0.29) is 5.41 Å². The molecule has 1 aliphatic carbocycles. The number of nitrogens with zero attached hydrogens (tertiary/aromatic N) is 2. The molecule has 0 N–H and O–H groups in total. The van der Waals surface area contributed by atoms with Crippen LogP contribution in [0.2, 0.25) is 0 Å². The van der Waals surface area contributed by atoms with Crippen molar-refractivity contribution in [2.24, 2.45) is 0 Å². The Morgan fingerprint density at radius 1 is 0.333 bits per heavy atom. The van der Waals surface area contributed by atoms with Gasteiger partial charge in [0.15, 0.2) is 5.82 Å². The second-order valence-corrected chi connectivity index (χ2v) is 15.8. The van der Waals surface area contributed by atoms with Crippen LogP contribution in [-0.2, 0) is 5.41 Å². The van der Waals surface area contributed by atoms with Gasteiger partial charge in [-0.15, -0.1) is 0 Å². The number of hydrogen-bond acceptors (Lipinski definition) is 2. The van der Waals surface area contributed by atoms with Crippen LogP contribution in [0.3, 0.4) is 0 Å². The molecule has 2 heteroatoms. The number of rotatable bonds is 5. The summed E-state index contributed by atoms with van der Waals surface area (Å²) >= 11 is 0. The molecule has 10 aromatic rings. The monoisotopic (exact) mass is 726 g/mol. The summed E-state index contributed by atoms with van der Waals surface area (Å²) in [5.41, 5.74) is 14.9. The SMILES string of the molecule is CC1(C)c2ccccc2-c2cc(-c3cc(-c4cccc(-c5cccc(-c6c7ccccc7cc7c6ccc6ccccc67)c5)c4)nc(-c4ccccc4)n3)ccc21. The topological polar surface area (TPSA) is 25.8 Å². The lowest BCUT2D eigenvalue weighted by Crippen LogP contribution is -2.14. The Bertz CT molecular complexity index is 3210. The third-order valence-corrected chi connectivity index (χ3v) is 12.1. The molecule has 11 rings (SSSR count). The number of aromatic nitrogens is 2. The van der Waals surface area contributed by atoms with Gasteiger partial charge in [0.25, 0.3) is 0 Å². The first-order chi connectivity index (χ1) is 28.0. The zero-order valence-corrected chi connectivity index (χ0v) is 31.9. The fraction of sp³-hybridized carbons (Fsp3) is 0.0545. The maximum absolute atomic E-state index is 5.21. The molecule has 1 aliphatic rings. The number of benzene rings is 9. The minimum atomic E-state index is -0.0523. The Morgan fingerprint density at radius 2 is 0.930 bits per heavy atom. The first-order valence-corrected chi connectivity index (χ1v) is 19.7. The first-order valence-electron chi connectivity index (χ1n) is 19.7. The highest BCUT2D eigenvalue weighted by molar-refractivity contribution is 6.20. The molecule has 9 aromatic carbocycles. The van der Waals surface area contributed by atoms with Gasteiger partial charge < -0.3 is 0 Å². The molecule has 1 heterocycles. The Hall–Kier alpha value is -7.16. The van der Waals surface area contributed by atoms with Crippen molar-refractivity contribution in [2.75, 3.05) is 0 Å². The molecule has 0 bridgehead atoms. The molecule has 1 aromatic heterocycles. The predicted octanol–water partition coefficient (Wildman–Crippen LogP) is 14.6. The van der Waals surface area contributed by atoms with Crippen LogP contribution in [0.1, 0.15) is 25.0 Å². The van der Waals surface area contributed by atoms with Crippen LogP contribution in [-0.4, -0.2) is 9.97 Å². The molecule has 0 saturated heterocycles. The third-order valence-electron chi connectivity index (χ3n) is 12.1. The van der Waals surface area contributed by atoms with E-state index in [1.807, 2.05) is 6.07 Å². The van der Waals surface area contributed by atoms with E-state index in [4.69, 9.17) is 9.97 Å². The van der Waals surface area contributed by atoms with Gasteiger partial charge in [-0.2, -0.15) is 0 Å². The van der Waals surface area contributed by atoms with Crippen LogP contribution in [0.4, 0.5) is 0 Å². The minimum absolute atomic E-state index is 0.0523. The first kappa shape index (κ1) is 33.2. The normalized spacial score (nSPS) is 12.9. The number of hydrogen-bond donors (Lipinski definition) is 0. The fourth-order valence-electron chi connectivity index (χ4n) is 9.18. The Balaban J connectivity index is 1.04. The average molecular weight is 727 g/mol. The Kier molecular flexibility index (Phi) is 7.55. The molecule has 2 nitrogen and oxygen atoms in total. The van der Waals surface area contributed by atoms with E-state index in [9.17, 15) is 0 Å². The zero-order chi connectivity index (χ0) is 38.1. The van der Waals surface area contributed by atoms with Crippen molar-refractivity contribution < 1.29 is 0 Å². The molecule has 0 amide bonds. The molecule has 0 radical (unpaired) electrons. The van der Waals surface area contributed by atoms with Gasteiger partial charge in [0.1, 0.15) is 0 Å². The van der Waals surface area contributed by atoms with E-state index in [1.54, 1.807) is 0 Å².